The highest BCUT2D eigenvalue weighted by molar-refractivity contribution is 5.38. The standard InChI is InChI=1S/C9H8FN3O/c10-6-1-2-13-8(3-6)12-7(5-11)4-9(13)14/h1-4H,5,11H2. The molecule has 0 aliphatic heterocycles. The van der Waals surface area contributed by atoms with E-state index in [-0.39, 0.29) is 17.8 Å². The van der Waals surface area contributed by atoms with Crippen molar-refractivity contribution in [2.24, 2.45) is 5.73 Å². The van der Waals surface area contributed by atoms with E-state index in [1.54, 1.807) is 0 Å². The van der Waals surface area contributed by atoms with Gasteiger partial charge in [0, 0.05) is 24.9 Å². The summed E-state index contributed by atoms with van der Waals surface area (Å²) in [6.07, 6.45) is 1.35. The minimum Gasteiger partial charge on any atom is -0.325 e. The quantitative estimate of drug-likeness (QED) is 0.708. The average Bonchev–Trinajstić information content (AvgIpc) is 2.16. The van der Waals surface area contributed by atoms with E-state index in [0.717, 1.165) is 0 Å². The Hall–Kier alpha value is -1.75. The summed E-state index contributed by atoms with van der Waals surface area (Å²) in [5, 5.41) is 0. The fourth-order valence-electron chi connectivity index (χ4n) is 1.23. The van der Waals surface area contributed by atoms with Crippen molar-refractivity contribution in [3.05, 3.63) is 46.3 Å². The van der Waals surface area contributed by atoms with E-state index in [4.69, 9.17) is 5.73 Å². The Morgan fingerprint density at radius 2 is 2.29 bits per heavy atom. The van der Waals surface area contributed by atoms with Gasteiger partial charge in [-0.3, -0.25) is 9.20 Å². The monoisotopic (exact) mass is 193 g/mol. The van der Waals surface area contributed by atoms with Gasteiger partial charge in [-0.25, -0.2) is 9.37 Å². The summed E-state index contributed by atoms with van der Waals surface area (Å²) in [6.45, 7) is 0.169. The molecule has 2 rings (SSSR count). The molecule has 0 saturated carbocycles. The van der Waals surface area contributed by atoms with Crippen LogP contribution in [-0.2, 0) is 6.54 Å². The lowest BCUT2D eigenvalue weighted by molar-refractivity contribution is 0.625. The second kappa shape index (κ2) is 3.19. The molecule has 2 heterocycles. The van der Waals surface area contributed by atoms with Crippen LogP contribution < -0.4 is 11.3 Å². The smallest absolute Gasteiger partial charge is 0.258 e. The highest BCUT2D eigenvalue weighted by Crippen LogP contribution is 2.01. The number of hydrogen-bond donors (Lipinski definition) is 1. The summed E-state index contributed by atoms with van der Waals surface area (Å²) in [4.78, 5) is 15.4. The molecule has 0 spiro atoms. The largest absolute Gasteiger partial charge is 0.325 e. The van der Waals surface area contributed by atoms with E-state index in [1.165, 1.54) is 28.8 Å². The van der Waals surface area contributed by atoms with Crippen LogP contribution in [0.25, 0.3) is 5.65 Å². The van der Waals surface area contributed by atoms with Crippen LogP contribution in [0, 0.1) is 5.82 Å². The summed E-state index contributed by atoms with van der Waals surface area (Å²) < 4.78 is 14.1. The van der Waals surface area contributed by atoms with Gasteiger partial charge < -0.3 is 5.73 Å². The van der Waals surface area contributed by atoms with Gasteiger partial charge in [-0.1, -0.05) is 0 Å². The molecule has 72 valence electrons. The lowest BCUT2D eigenvalue weighted by atomic mass is 10.3. The molecular formula is C9H8FN3O. The first-order valence-corrected chi connectivity index (χ1v) is 4.08. The summed E-state index contributed by atoms with van der Waals surface area (Å²) >= 11 is 0. The first-order chi connectivity index (χ1) is 6.70. The normalized spacial score (nSPS) is 10.7. The van der Waals surface area contributed by atoms with Crippen LogP contribution in [0.1, 0.15) is 5.69 Å². The van der Waals surface area contributed by atoms with E-state index >= 15 is 0 Å². The molecule has 14 heavy (non-hydrogen) atoms. The van der Waals surface area contributed by atoms with Crippen molar-refractivity contribution >= 4 is 5.65 Å². The van der Waals surface area contributed by atoms with Crippen molar-refractivity contribution in [1.82, 2.24) is 9.38 Å². The van der Waals surface area contributed by atoms with Gasteiger partial charge in [-0.05, 0) is 6.07 Å². The lowest BCUT2D eigenvalue weighted by Crippen LogP contribution is -2.16. The predicted molar refractivity (Wildman–Crippen MR) is 49.3 cm³/mol. The van der Waals surface area contributed by atoms with E-state index < -0.39 is 5.82 Å². The fraction of sp³-hybridized carbons (Fsp3) is 0.111. The number of aromatic nitrogens is 2. The van der Waals surface area contributed by atoms with Crippen LogP contribution in [0.5, 0.6) is 0 Å². The van der Waals surface area contributed by atoms with Gasteiger partial charge in [0.05, 0.1) is 5.69 Å². The lowest BCUT2D eigenvalue weighted by Gasteiger charge is -2.01. The Balaban J connectivity index is 2.84. The zero-order valence-corrected chi connectivity index (χ0v) is 7.27. The molecule has 0 fully saturated rings. The predicted octanol–water partition coefficient (Wildman–Crippen LogP) is 0.292. The summed E-state index contributed by atoms with van der Waals surface area (Å²) in [7, 11) is 0. The summed E-state index contributed by atoms with van der Waals surface area (Å²) in [6, 6.07) is 3.74. The zero-order valence-electron chi connectivity index (χ0n) is 7.27. The molecule has 0 bridgehead atoms. The second-order valence-corrected chi connectivity index (χ2v) is 2.86. The molecule has 0 aliphatic carbocycles. The average molecular weight is 193 g/mol. The Morgan fingerprint density at radius 3 is 3.00 bits per heavy atom. The molecule has 0 radical (unpaired) electrons. The molecule has 5 heteroatoms. The van der Waals surface area contributed by atoms with Crippen molar-refractivity contribution in [2.75, 3.05) is 0 Å². The summed E-state index contributed by atoms with van der Waals surface area (Å²) in [5.41, 5.74) is 5.82. The number of rotatable bonds is 1. The number of pyridine rings is 1. The van der Waals surface area contributed by atoms with Crippen molar-refractivity contribution < 1.29 is 4.39 Å². The topological polar surface area (TPSA) is 60.4 Å². The first-order valence-electron chi connectivity index (χ1n) is 4.08. The van der Waals surface area contributed by atoms with Gasteiger partial charge in [0.1, 0.15) is 11.5 Å². The SMILES string of the molecule is NCc1cc(=O)n2ccc(F)cc2n1. The third-order valence-corrected chi connectivity index (χ3v) is 1.89. The minimum absolute atomic E-state index is 0.169. The second-order valence-electron chi connectivity index (χ2n) is 2.86. The molecule has 0 aliphatic rings. The Labute approximate surface area is 78.8 Å². The summed E-state index contributed by atoms with van der Waals surface area (Å²) in [5.74, 6) is -0.425. The van der Waals surface area contributed by atoms with E-state index in [9.17, 15) is 9.18 Å². The number of nitrogens with two attached hydrogens (primary N) is 1. The highest BCUT2D eigenvalue weighted by atomic mass is 19.1. The number of fused-ring (bicyclic) bond motifs is 1. The fourth-order valence-corrected chi connectivity index (χ4v) is 1.23. The van der Waals surface area contributed by atoms with Gasteiger partial charge in [0.2, 0.25) is 0 Å². The number of hydrogen-bond acceptors (Lipinski definition) is 3. The first kappa shape index (κ1) is 8.83. The van der Waals surface area contributed by atoms with Crippen LogP contribution in [0.2, 0.25) is 0 Å². The van der Waals surface area contributed by atoms with Crippen molar-refractivity contribution in [3.63, 3.8) is 0 Å². The number of nitrogens with zero attached hydrogens (tertiary/aromatic N) is 2. The molecule has 0 unspecified atom stereocenters. The third-order valence-electron chi connectivity index (χ3n) is 1.89. The molecule has 2 aromatic rings. The van der Waals surface area contributed by atoms with Gasteiger partial charge in [-0.2, -0.15) is 0 Å². The van der Waals surface area contributed by atoms with Gasteiger partial charge in [0.25, 0.3) is 5.56 Å². The Bertz CT molecular complexity index is 535. The van der Waals surface area contributed by atoms with Crippen molar-refractivity contribution in [3.8, 4) is 0 Å². The maximum Gasteiger partial charge on any atom is 0.258 e. The van der Waals surface area contributed by atoms with Crippen LogP contribution in [0.3, 0.4) is 0 Å². The molecule has 0 aromatic carbocycles. The van der Waals surface area contributed by atoms with Crippen LogP contribution in [0.4, 0.5) is 4.39 Å². The number of halogens is 1. The van der Waals surface area contributed by atoms with Gasteiger partial charge in [0.15, 0.2) is 0 Å². The molecule has 4 nitrogen and oxygen atoms in total. The maximum atomic E-state index is 12.8. The molecular weight excluding hydrogens is 185 g/mol. The van der Waals surface area contributed by atoms with Crippen LogP contribution >= 0.6 is 0 Å². The maximum absolute atomic E-state index is 12.8. The minimum atomic E-state index is -0.425. The highest BCUT2D eigenvalue weighted by Gasteiger charge is 2.01. The van der Waals surface area contributed by atoms with Crippen LogP contribution in [0.15, 0.2) is 29.2 Å². The molecule has 2 aromatic heterocycles. The Morgan fingerprint density at radius 1 is 1.50 bits per heavy atom. The third kappa shape index (κ3) is 1.38. The van der Waals surface area contributed by atoms with Crippen LogP contribution in [-0.4, -0.2) is 9.38 Å². The van der Waals surface area contributed by atoms with E-state index in [2.05, 4.69) is 4.98 Å². The van der Waals surface area contributed by atoms with Crippen molar-refractivity contribution in [2.45, 2.75) is 6.54 Å². The van der Waals surface area contributed by atoms with E-state index in [1.807, 2.05) is 0 Å². The van der Waals surface area contributed by atoms with Gasteiger partial charge >= 0.3 is 0 Å². The van der Waals surface area contributed by atoms with Gasteiger partial charge in [-0.15, -0.1) is 0 Å². The molecule has 2 N–H and O–H groups in total. The molecule has 0 saturated heterocycles. The van der Waals surface area contributed by atoms with E-state index in [0.29, 0.717) is 5.69 Å². The molecule has 0 amide bonds. The Kier molecular flexibility index (Phi) is 2.01. The van der Waals surface area contributed by atoms with Crippen molar-refractivity contribution in [1.29, 1.82) is 0 Å². The zero-order chi connectivity index (χ0) is 10.1. The molecule has 0 atom stereocenters.